The van der Waals surface area contributed by atoms with Gasteiger partial charge in [0, 0.05) is 12.1 Å². The first kappa shape index (κ1) is 21.1. The molecule has 2 aromatic carbocycles. The van der Waals surface area contributed by atoms with Gasteiger partial charge in [0.15, 0.2) is 0 Å². The second kappa shape index (κ2) is 8.03. The first-order chi connectivity index (χ1) is 13.6. The monoisotopic (exact) mass is 437 g/mol. The van der Waals surface area contributed by atoms with Gasteiger partial charge in [-0.25, -0.2) is 16.8 Å². The first-order valence-corrected chi connectivity index (χ1v) is 12.4. The molecule has 3 rings (SSSR count). The smallest absolute Gasteiger partial charge is 0.250 e. The normalized spacial score (nSPS) is 17.1. The van der Waals surface area contributed by atoms with E-state index in [1.165, 1.54) is 0 Å². The van der Waals surface area contributed by atoms with Gasteiger partial charge in [0.2, 0.25) is 20.0 Å². The molecule has 0 aromatic heterocycles. The number of hydrogen-bond donors (Lipinski definition) is 1. The number of rotatable bonds is 7. The minimum Gasteiger partial charge on any atom is -0.497 e. The molecular formula is C19H23N3O5S2. The first-order valence-electron chi connectivity index (χ1n) is 8.94. The highest BCUT2D eigenvalue weighted by Gasteiger charge is 2.35. The van der Waals surface area contributed by atoms with E-state index >= 15 is 0 Å². The summed E-state index contributed by atoms with van der Waals surface area (Å²) in [6.07, 6.45) is 1.44. The Morgan fingerprint density at radius 2 is 1.83 bits per heavy atom. The van der Waals surface area contributed by atoms with Crippen molar-refractivity contribution in [2.24, 2.45) is 5.10 Å². The summed E-state index contributed by atoms with van der Waals surface area (Å²) in [7, 11) is -5.44. The van der Waals surface area contributed by atoms with Crippen molar-refractivity contribution in [3.05, 3.63) is 59.7 Å². The molecule has 156 valence electrons. The molecule has 0 saturated heterocycles. The van der Waals surface area contributed by atoms with Crippen LogP contribution in [0.2, 0.25) is 0 Å². The van der Waals surface area contributed by atoms with Gasteiger partial charge < -0.3 is 4.74 Å². The standard InChI is InChI=1S/C19H23N3O5S2/c1-4-29(25,26)22-19(14-8-10-17(27-2)11-9-14)13-18(20-22)15-6-5-7-16(12-15)21-28(3,23)24/h5-12,19,21H,4,13H2,1-3H3/t19-/m0/s1. The third-order valence-corrected chi connectivity index (χ3v) is 6.76. The fourth-order valence-electron chi connectivity index (χ4n) is 3.10. The maximum absolute atomic E-state index is 12.6. The lowest BCUT2D eigenvalue weighted by Gasteiger charge is -2.22. The summed E-state index contributed by atoms with van der Waals surface area (Å²) >= 11 is 0. The van der Waals surface area contributed by atoms with Crippen LogP contribution in [0.4, 0.5) is 5.69 Å². The van der Waals surface area contributed by atoms with Crippen molar-refractivity contribution in [3.63, 3.8) is 0 Å². The molecule has 1 N–H and O–H groups in total. The van der Waals surface area contributed by atoms with Crippen LogP contribution in [0.5, 0.6) is 5.75 Å². The van der Waals surface area contributed by atoms with Crippen LogP contribution in [0, 0.1) is 0 Å². The molecule has 10 heteroatoms. The second-order valence-corrected chi connectivity index (χ2v) is 10.5. The van der Waals surface area contributed by atoms with Crippen LogP contribution in [-0.4, -0.2) is 46.1 Å². The molecule has 0 radical (unpaired) electrons. The summed E-state index contributed by atoms with van der Waals surface area (Å²) in [5.41, 5.74) is 2.42. The lowest BCUT2D eigenvalue weighted by Crippen LogP contribution is -2.28. The van der Waals surface area contributed by atoms with Gasteiger partial charge in [-0.15, -0.1) is 0 Å². The third-order valence-electron chi connectivity index (χ3n) is 4.52. The molecule has 0 bridgehead atoms. The van der Waals surface area contributed by atoms with Crippen LogP contribution in [0.25, 0.3) is 0 Å². The Labute approximate surface area is 171 Å². The number of nitrogens with one attached hydrogen (secondary N) is 1. The van der Waals surface area contributed by atoms with Crippen molar-refractivity contribution < 1.29 is 21.6 Å². The zero-order valence-corrected chi connectivity index (χ0v) is 18.0. The van der Waals surface area contributed by atoms with Crippen molar-refractivity contribution in [1.29, 1.82) is 0 Å². The molecule has 29 heavy (non-hydrogen) atoms. The molecule has 0 fully saturated rings. The summed E-state index contributed by atoms with van der Waals surface area (Å²) in [5, 5.41) is 4.39. The van der Waals surface area contributed by atoms with Crippen LogP contribution in [0.15, 0.2) is 53.6 Å². The van der Waals surface area contributed by atoms with Gasteiger partial charge in [-0.1, -0.05) is 24.3 Å². The molecule has 0 spiro atoms. The van der Waals surface area contributed by atoms with Crippen LogP contribution in [-0.2, 0) is 20.0 Å². The van der Waals surface area contributed by atoms with Crippen LogP contribution < -0.4 is 9.46 Å². The largest absolute Gasteiger partial charge is 0.497 e. The van der Waals surface area contributed by atoms with Gasteiger partial charge in [0.05, 0.1) is 30.9 Å². The van der Waals surface area contributed by atoms with E-state index in [-0.39, 0.29) is 5.75 Å². The summed E-state index contributed by atoms with van der Waals surface area (Å²) in [5.74, 6) is 0.601. The number of sulfonamides is 2. The Kier molecular flexibility index (Phi) is 5.85. The molecule has 0 unspecified atom stereocenters. The average Bonchev–Trinajstić information content (AvgIpc) is 3.13. The highest BCUT2D eigenvalue weighted by atomic mass is 32.2. The van der Waals surface area contributed by atoms with E-state index in [0.717, 1.165) is 16.2 Å². The predicted molar refractivity (Wildman–Crippen MR) is 113 cm³/mol. The Morgan fingerprint density at radius 3 is 2.41 bits per heavy atom. The minimum atomic E-state index is -3.59. The maximum atomic E-state index is 12.6. The van der Waals surface area contributed by atoms with Gasteiger partial charge in [-0.2, -0.15) is 9.52 Å². The zero-order valence-electron chi connectivity index (χ0n) is 16.4. The molecular weight excluding hydrogens is 414 g/mol. The Hall–Kier alpha value is -2.59. The highest BCUT2D eigenvalue weighted by Crippen LogP contribution is 2.36. The molecule has 2 aromatic rings. The fourth-order valence-corrected chi connectivity index (χ4v) is 4.73. The number of methoxy groups -OCH3 is 1. The van der Waals surface area contributed by atoms with Gasteiger partial charge in [-0.05, 0) is 42.3 Å². The lowest BCUT2D eigenvalue weighted by molar-refractivity contribution is 0.371. The van der Waals surface area contributed by atoms with E-state index in [0.29, 0.717) is 29.1 Å². The summed E-state index contributed by atoms with van der Waals surface area (Å²) < 4.78 is 57.0. The fraction of sp³-hybridized carbons (Fsp3) is 0.316. The Morgan fingerprint density at radius 1 is 1.14 bits per heavy atom. The van der Waals surface area contributed by atoms with Crippen molar-refractivity contribution in [3.8, 4) is 5.75 Å². The average molecular weight is 438 g/mol. The Balaban J connectivity index is 1.98. The third kappa shape index (κ3) is 4.88. The molecule has 0 amide bonds. The van der Waals surface area contributed by atoms with Gasteiger partial charge in [-0.3, -0.25) is 4.72 Å². The summed E-state index contributed by atoms with van der Waals surface area (Å²) in [6, 6.07) is 13.5. The molecule has 1 heterocycles. The van der Waals surface area contributed by atoms with Crippen LogP contribution in [0.3, 0.4) is 0 Å². The molecule has 1 atom stereocenters. The van der Waals surface area contributed by atoms with Crippen molar-refractivity contribution in [2.75, 3.05) is 23.8 Å². The van der Waals surface area contributed by atoms with Crippen molar-refractivity contribution in [2.45, 2.75) is 19.4 Å². The maximum Gasteiger partial charge on any atom is 0.250 e. The van der Waals surface area contributed by atoms with Crippen LogP contribution >= 0.6 is 0 Å². The molecule has 0 aliphatic carbocycles. The second-order valence-electron chi connectivity index (χ2n) is 6.67. The summed E-state index contributed by atoms with van der Waals surface area (Å²) in [4.78, 5) is 0. The minimum absolute atomic E-state index is 0.0773. The van der Waals surface area contributed by atoms with Crippen LogP contribution in [0.1, 0.15) is 30.5 Å². The topological polar surface area (TPSA) is 105 Å². The van der Waals surface area contributed by atoms with Gasteiger partial charge in [0.25, 0.3) is 0 Å². The highest BCUT2D eigenvalue weighted by molar-refractivity contribution is 7.92. The summed E-state index contributed by atoms with van der Waals surface area (Å²) in [6.45, 7) is 1.57. The quantitative estimate of drug-likeness (QED) is 0.717. The number of anilines is 1. The number of nitrogens with zero attached hydrogens (tertiary/aromatic N) is 2. The van der Waals surface area contributed by atoms with Gasteiger partial charge in [0.1, 0.15) is 5.75 Å². The Bertz CT molecular complexity index is 1130. The van der Waals surface area contributed by atoms with Crippen molar-refractivity contribution in [1.82, 2.24) is 4.41 Å². The van der Waals surface area contributed by atoms with E-state index in [4.69, 9.17) is 4.74 Å². The zero-order chi connectivity index (χ0) is 21.2. The number of hydrazone groups is 1. The van der Waals surface area contributed by atoms with E-state index in [9.17, 15) is 16.8 Å². The molecule has 8 nitrogen and oxygen atoms in total. The van der Waals surface area contributed by atoms with Gasteiger partial charge >= 0.3 is 0 Å². The lowest BCUT2D eigenvalue weighted by atomic mass is 9.99. The molecule has 1 aliphatic rings. The number of hydrogen-bond acceptors (Lipinski definition) is 6. The molecule has 0 saturated carbocycles. The van der Waals surface area contributed by atoms with E-state index < -0.39 is 26.1 Å². The SMILES string of the molecule is CCS(=O)(=O)N1N=C(c2cccc(NS(C)(=O)=O)c2)C[C@H]1c1ccc(OC)cc1. The van der Waals surface area contributed by atoms with Crippen molar-refractivity contribution >= 4 is 31.4 Å². The number of benzene rings is 2. The van der Waals surface area contributed by atoms with E-state index in [1.54, 1.807) is 50.4 Å². The van der Waals surface area contributed by atoms with E-state index in [1.807, 2.05) is 12.1 Å². The van der Waals surface area contributed by atoms with E-state index in [2.05, 4.69) is 9.82 Å². The number of ether oxygens (including phenoxy) is 1. The molecule has 1 aliphatic heterocycles. The predicted octanol–water partition coefficient (Wildman–Crippen LogP) is 2.57.